The van der Waals surface area contributed by atoms with E-state index in [1.807, 2.05) is 23.1 Å². The Kier molecular flexibility index (Phi) is 3.71. The van der Waals surface area contributed by atoms with Gasteiger partial charge < -0.3 is 10.2 Å². The second-order valence-electron chi connectivity index (χ2n) is 6.66. The van der Waals surface area contributed by atoms with E-state index >= 15 is 0 Å². The Morgan fingerprint density at radius 2 is 2.08 bits per heavy atom. The molecular weight excluding hydrogens is 305 g/mol. The average molecular weight is 325 g/mol. The lowest BCUT2D eigenvalue weighted by Crippen LogP contribution is -2.62. The van der Waals surface area contributed by atoms with E-state index in [0.717, 1.165) is 19.3 Å². The van der Waals surface area contributed by atoms with Crippen molar-refractivity contribution in [3.05, 3.63) is 47.9 Å². The number of carbonyl (C=O) groups excluding carboxylic acids is 1. The molecule has 5 heteroatoms. The number of pyridine rings is 1. The predicted molar refractivity (Wildman–Crippen MR) is 91.3 cm³/mol. The van der Waals surface area contributed by atoms with Gasteiger partial charge in [0.25, 0.3) is 0 Å². The van der Waals surface area contributed by atoms with Gasteiger partial charge in [-0.15, -0.1) is 0 Å². The summed E-state index contributed by atoms with van der Waals surface area (Å²) in [6, 6.07) is 9.31. The Balaban J connectivity index is 1.60. The maximum atomic E-state index is 14.3. The van der Waals surface area contributed by atoms with Crippen LogP contribution in [0.5, 0.6) is 0 Å². The Morgan fingerprint density at radius 3 is 2.75 bits per heavy atom. The molecular formula is C19H20FN3O. The van der Waals surface area contributed by atoms with Crippen LogP contribution in [0.25, 0.3) is 11.3 Å². The molecule has 1 N–H and O–H groups in total. The number of carbonyl (C=O) groups is 1. The largest absolute Gasteiger partial charge is 0.322 e. The van der Waals surface area contributed by atoms with E-state index in [9.17, 15) is 9.18 Å². The van der Waals surface area contributed by atoms with Crippen molar-refractivity contribution in [1.29, 1.82) is 0 Å². The van der Waals surface area contributed by atoms with Gasteiger partial charge in [0.2, 0.25) is 0 Å². The first-order valence-electron chi connectivity index (χ1n) is 8.44. The minimum atomic E-state index is -0.336. The summed E-state index contributed by atoms with van der Waals surface area (Å²) in [5.41, 5.74) is 2.42. The molecule has 24 heavy (non-hydrogen) atoms. The molecule has 2 fully saturated rings. The summed E-state index contributed by atoms with van der Waals surface area (Å²) in [5.74, 6) is -0.336. The van der Waals surface area contributed by atoms with E-state index in [1.165, 1.54) is 12.5 Å². The van der Waals surface area contributed by atoms with Crippen LogP contribution in [0.3, 0.4) is 0 Å². The zero-order valence-corrected chi connectivity index (χ0v) is 13.6. The second kappa shape index (κ2) is 5.89. The van der Waals surface area contributed by atoms with Crippen LogP contribution in [0.2, 0.25) is 0 Å². The molecule has 2 aliphatic rings. The molecule has 3 heterocycles. The number of aromatic nitrogens is 1. The maximum Gasteiger partial charge on any atom is 0.322 e. The first-order chi connectivity index (χ1) is 11.6. The minimum Gasteiger partial charge on any atom is -0.318 e. The summed E-state index contributed by atoms with van der Waals surface area (Å²) < 4.78 is 14.3. The predicted octanol–water partition coefficient (Wildman–Crippen LogP) is 4.35. The molecule has 2 unspecified atom stereocenters. The molecule has 1 aromatic heterocycles. The van der Waals surface area contributed by atoms with E-state index in [-0.39, 0.29) is 11.8 Å². The molecule has 2 atom stereocenters. The molecule has 2 saturated heterocycles. The lowest BCUT2D eigenvalue weighted by atomic mass is 9.80. The highest BCUT2D eigenvalue weighted by molar-refractivity contribution is 5.91. The Labute approximate surface area is 140 Å². The molecule has 2 amide bonds. The van der Waals surface area contributed by atoms with Gasteiger partial charge in [0.05, 0.1) is 5.69 Å². The highest BCUT2D eigenvalue weighted by Crippen LogP contribution is 2.38. The molecule has 0 radical (unpaired) electrons. The van der Waals surface area contributed by atoms with Crippen molar-refractivity contribution in [3.63, 3.8) is 0 Å². The van der Waals surface area contributed by atoms with Crippen LogP contribution in [0, 0.1) is 12.7 Å². The van der Waals surface area contributed by atoms with Gasteiger partial charge in [-0.1, -0.05) is 6.07 Å². The van der Waals surface area contributed by atoms with Gasteiger partial charge in [-0.3, -0.25) is 4.98 Å². The third-order valence-corrected chi connectivity index (χ3v) is 5.18. The zero-order valence-electron chi connectivity index (χ0n) is 13.6. The number of urea groups is 1. The van der Waals surface area contributed by atoms with Crippen molar-refractivity contribution in [2.24, 2.45) is 0 Å². The number of rotatable bonds is 2. The molecule has 0 spiro atoms. The maximum absolute atomic E-state index is 14.3. The van der Waals surface area contributed by atoms with Gasteiger partial charge in [-0.05, 0) is 62.4 Å². The molecule has 2 bridgehead atoms. The smallest absolute Gasteiger partial charge is 0.318 e. The number of nitrogens with zero attached hydrogens (tertiary/aromatic N) is 2. The monoisotopic (exact) mass is 325 g/mol. The van der Waals surface area contributed by atoms with Crippen LogP contribution >= 0.6 is 0 Å². The highest BCUT2D eigenvalue weighted by atomic mass is 19.1. The van der Waals surface area contributed by atoms with E-state index in [4.69, 9.17) is 0 Å². The molecule has 4 nitrogen and oxygen atoms in total. The summed E-state index contributed by atoms with van der Waals surface area (Å²) in [6.45, 7) is 1.73. The molecule has 0 saturated carbocycles. The van der Waals surface area contributed by atoms with Gasteiger partial charge in [-0.2, -0.15) is 0 Å². The fraction of sp³-hybridized carbons (Fsp3) is 0.368. The first kappa shape index (κ1) is 15.1. The molecule has 2 aromatic rings. The number of anilines is 1. The van der Waals surface area contributed by atoms with Crippen molar-refractivity contribution in [1.82, 2.24) is 9.88 Å². The number of halogens is 1. The fourth-order valence-corrected chi connectivity index (χ4v) is 3.86. The highest BCUT2D eigenvalue weighted by Gasteiger charge is 2.44. The number of hydrogen-bond donors (Lipinski definition) is 1. The number of fused-ring (bicyclic) bond motifs is 2. The molecule has 124 valence electrons. The van der Waals surface area contributed by atoms with Crippen LogP contribution in [-0.2, 0) is 0 Å². The van der Waals surface area contributed by atoms with Crippen molar-refractivity contribution in [2.75, 3.05) is 5.32 Å². The van der Waals surface area contributed by atoms with Crippen LogP contribution in [-0.4, -0.2) is 28.0 Å². The van der Waals surface area contributed by atoms with Crippen LogP contribution in [0.4, 0.5) is 14.9 Å². The third kappa shape index (κ3) is 2.54. The second-order valence-corrected chi connectivity index (χ2v) is 6.66. The quantitative estimate of drug-likeness (QED) is 0.892. The number of piperidine rings is 1. The third-order valence-electron chi connectivity index (χ3n) is 5.18. The molecule has 2 aliphatic heterocycles. The van der Waals surface area contributed by atoms with Crippen molar-refractivity contribution in [3.8, 4) is 11.3 Å². The normalized spacial score (nSPS) is 22.0. The van der Waals surface area contributed by atoms with Crippen molar-refractivity contribution in [2.45, 2.75) is 44.7 Å². The molecule has 0 aliphatic carbocycles. The number of amides is 2. The lowest BCUT2D eigenvalue weighted by Gasteiger charge is -2.52. The zero-order chi connectivity index (χ0) is 16.7. The van der Waals surface area contributed by atoms with Crippen LogP contribution in [0.15, 0.2) is 36.5 Å². The minimum absolute atomic E-state index is 0.119. The SMILES string of the molecule is Cc1c(F)cc(NC(=O)N2C3CCCC2C3)cc1-c1ccccn1. The van der Waals surface area contributed by atoms with Crippen LogP contribution in [0.1, 0.15) is 31.2 Å². The average Bonchev–Trinajstić information content (AvgIpc) is 2.59. The van der Waals surface area contributed by atoms with Crippen molar-refractivity contribution >= 4 is 11.7 Å². The fourth-order valence-electron chi connectivity index (χ4n) is 3.86. The van der Waals surface area contributed by atoms with E-state index in [0.29, 0.717) is 34.6 Å². The van der Waals surface area contributed by atoms with Crippen LogP contribution < -0.4 is 5.32 Å². The first-order valence-corrected chi connectivity index (χ1v) is 8.44. The van der Waals surface area contributed by atoms with Gasteiger partial charge in [0.15, 0.2) is 0 Å². The van der Waals surface area contributed by atoms with E-state index in [2.05, 4.69) is 10.3 Å². The van der Waals surface area contributed by atoms with E-state index < -0.39 is 0 Å². The van der Waals surface area contributed by atoms with Gasteiger partial charge in [-0.25, -0.2) is 9.18 Å². The number of hydrogen-bond acceptors (Lipinski definition) is 2. The summed E-state index contributed by atoms with van der Waals surface area (Å²) in [7, 11) is 0. The Hall–Kier alpha value is -2.43. The molecule has 4 rings (SSSR count). The number of benzene rings is 1. The van der Waals surface area contributed by atoms with E-state index in [1.54, 1.807) is 19.2 Å². The van der Waals surface area contributed by atoms with Gasteiger partial charge in [0, 0.05) is 29.5 Å². The summed E-state index contributed by atoms with van der Waals surface area (Å²) in [4.78, 5) is 18.7. The van der Waals surface area contributed by atoms with Crippen molar-refractivity contribution < 1.29 is 9.18 Å². The summed E-state index contributed by atoms with van der Waals surface area (Å²) in [5, 5.41) is 2.87. The van der Waals surface area contributed by atoms with Gasteiger partial charge >= 0.3 is 6.03 Å². The Bertz CT molecular complexity index is 764. The summed E-state index contributed by atoms with van der Waals surface area (Å²) >= 11 is 0. The molecule has 1 aromatic carbocycles. The Morgan fingerprint density at radius 1 is 1.29 bits per heavy atom. The summed E-state index contributed by atoms with van der Waals surface area (Å²) in [6.07, 6.45) is 6.13. The lowest BCUT2D eigenvalue weighted by molar-refractivity contribution is 0.0173. The number of nitrogens with one attached hydrogen (secondary N) is 1. The van der Waals surface area contributed by atoms with Gasteiger partial charge in [0.1, 0.15) is 5.82 Å². The topological polar surface area (TPSA) is 45.2 Å². The standard InChI is InChI=1S/C19H20FN3O/c1-12-16(18-7-2-3-8-21-18)9-13(10-17(12)20)22-19(24)23-14-5-4-6-15(23)11-14/h2-3,7-10,14-15H,4-6,11H2,1H3,(H,22,24).